The molecular weight excluding hydrogens is 534 g/mol. The van der Waals surface area contributed by atoms with E-state index >= 15 is 0 Å². The van der Waals surface area contributed by atoms with Gasteiger partial charge in [-0.1, -0.05) is 24.3 Å². The zero-order valence-electron chi connectivity index (χ0n) is 24.1. The third-order valence-corrected chi connectivity index (χ3v) is 9.26. The molecule has 2 saturated heterocycles. The number of piperidine rings is 2. The third-order valence-electron chi connectivity index (χ3n) is 9.26. The Hall–Kier alpha value is -3.96. The number of H-pyrrole nitrogens is 1. The molecule has 3 aromatic rings. The minimum atomic E-state index is -0.911. The van der Waals surface area contributed by atoms with Gasteiger partial charge in [0, 0.05) is 62.2 Å². The summed E-state index contributed by atoms with van der Waals surface area (Å²) in [6, 6.07) is 11.6. The number of fused-ring (bicyclic) bond motifs is 2. The average molecular weight is 574 g/mol. The van der Waals surface area contributed by atoms with E-state index in [2.05, 4.69) is 20.4 Å². The normalized spacial score (nSPS) is 23.8. The second-order valence-corrected chi connectivity index (χ2v) is 11.8. The van der Waals surface area contributed by atoms with Crippen molar-refractivity contribution in [3.63, 3.8) is 0 Å². The summed E-state index contributed by atoms with van der Waals surface area (Å²) in [7, 11) is 0. The number of nitrogens with two attached hydrogens (primary N) is 1. The molecule has 6 rings (SSSR count). The van der Waals surface area contributed by atoms with E-state index < -0.39 is 11.8 Å². The molecule has 3 amide bonds. The topological polar surface area (TPSA) is 137 Å². The smallest absolute Gasteiger partial charge is 0.411 e. The molecule has 4 N–H and O–H groups in total. The van der Waals surface area contributed by atoms with Crippen molar-refractivity contribution in [2.75, 3.05) is 31.5 Å². The number of likely N-dealkylation sites (tertiary alicyclic amines) is 2. The van der Waals surface area contributed by atoms with Gasteiger partial charge < -0.3 is 25.5 Å². The zero-order chi connectivity index (χ0) is 29.3. The van der Waals surface area contributed by atoms with Crippen LogP contribution >= 0.6 is 0 Å². The van der Waals surface area contributed by atoms with Crippen LogP contribution in [0.25, 0.3) is 10.9 Å². The lowest BCUT2D eigenvalue weighted by Gasteiger charge is -2.56. The number of para-hydroxylation sites is 1. The Kier molecular flexibility index (Phi) is 7.87. The molecule has 2 fully saturated rings. The van der Waals surface area contributed by atoms with Gasteiger partial charge in [0.2, 0.25) is 0 Å². The van der Waals surface area contributed by atoms with Gasteiger partial charge in [-0.25, -0.2) is 9.59 Å². The first-order chi connectivity index (χ1) is 20.4. The van der Waals surface area contributed by atoms with Gasteiger partial charge in [0.25, 0.3) is 0 Å². The van der Waals surface area contributed by atoms with Crippen molar-refractivity contribution in [2.24, 2.45) is 5.73 Å². The average Bonchev–Trinajstić information content (AvgIpc) is 3.40. The molecule has 2 atom stereocenters. The predicted octanol–water partition coefficient (Wildman–Crippen LogP) is 3.77. The Morgan fingerprint density at radius 3 is 2.79 bits per heavy atom. The van der Waals surface area contributed by atoms with Crippen LogP contribution in [0.1, 0.15) is 48.8 Å². The number of hydrogen-bond donors (Lipinski definition) is 3. The van der Waals surface area contributed by atoms with Crippen LogP contribution in [0.4, 0.5) is 15.3 Å². The van der Waals surface area contributed by atoms with Crippen molar-refractivity contribution in [1.82, 2.24) is 24.9 Å². The summed E-state index contributed by atoms with van der Waals surface area (Å²) >= 11 is 0. The van der Waals surface area contributed by atoms with Gasteiger partial charge in [-0.15, -0.1) is 0 Å². The fraction of sp³-hybridized carbons (Fsp3) is 0.484. The highest BCUT2D eigenvalue weighted by Gasteiger charge is 2.51. The maximum atomic E-state index is 13.8. The molecule has 222 valence electrons. The highest BCUT2D eigenvalue weighted by molar-refractivity contribution is 5.91. The minimum absolute atomic E-state index is 0.0882. The van der Waals surface area contributed by atoms with E-state index in [0.717, 1.165) is 58.8 Å². The van der Waals surface area contributed by atoms with Gasteiger partial charge in [-0.2, -0.15) is 5.10 Å². The Morgan fingerprint density at radius 2 is 1.98 bits per heavy atom. The maximum Gasteiger partial charge on any atom is 0.411 e. The number of rotatable bonds is 6. The van der Waals surface area contributed by atoms with E-state index in [4.69, 9.17) is 10.5 Å². The molecule has 4 heterocycles. The van der Waals surface area contributed by atoms with Gasteiger partial charge in [0.15, 0.2) is 0 Å². The summed E-state index contributed by atoms with van der Waals surface area (Å²) in [6.07, 6.45) is 5.66. The summed E-state index contributed by atoms with van der Waals surface area (Å²) in [5.74, 6) is 0. The number of nitrogens with zero attached hydrogens (tertiary/aromatic N) is 4. The molecule has 3 aliphatic heterocycles. The Balaban J connectivity index is 1.25. The summed E-state index contributed by atoms with van der Waals surface area (Å²) < 4.78 is 5.92. The molecular formula is C31H39N7O4. The van der Waals surface area contributed by atoms with E-state index in [1.165, 1.54) is 0 Å². The maximum absolute atomic E-state index is 13.8. The fourth-order valence-corrected chi connectivity index (χ4v) is 7.03. The SMILES string of the molecule is Cc1cc(COC(=O)N2CC[C@@H](N3CCc4ccccc4NC3=O)C[C@@]2(CC=O)N2CCC(N)CC2)cc2cn[nH]c12. The van der Waals surface area contributed by atoms with Gasteiger partial charge in [0.05, 0.1) is 11.7 Å². The number of aromatic amines is 1. The molecule has 0 spiro atoms. The zero-order valence-corrected chi connectivity index (χ0v) is 24.1. The number of aldehydes is 1. The van der Waals surface area contributed by atoms with Crippen molar-refractivity contribution in [3.8, 4) is 0 Å². The lowest BCUT2D eigenvalue weighted by Crippen LogP contribution is -2.69. The number of benzene rings is 2. The van der Waals surface area contributed by atoms with Gasteiger partial charge in [-0.05, 0) is 61.4 Å². The van der Waals surface area contributed by atoms with E-state index in [0.29, 0.717) is 39.0 Å². The van der Waals surface area contributed by atoms with Crippen molar-refractivity contribution in [2.45, 2.75) is 69.8 Å². The third kappa shape index (κ3) is 5.34. The van der Waals surface area contributed by atoms with Crippen LogP contribution in [0.2, 0.25) is 0 Å². The van der Waals surface area contributed by atoms with E-state index in [1.807, 2.05) is 48.2 Å². The van der Waals surface area contributed by atoms with Crippen molar-refractivity contribution in [1.29, 1.82) is 0 Å². The van der Waals surface area contributed by atoms with Crippen LogP contribution in [-0.4, -0.2) is 87.2 Å². The molecule has 42 heavy (non-hydrogen) atoms. The largest absolute Gasteiger partial charge is 0.445 e. The first kappa shape index (κ1) is 28.2. The number of aromatic nitrogens is 2. The monoisotopic (exact) mass is 573 g/mol. The highest BCUT2D eigenvalue weighted by atomic mass is 16.6. The van der Waals surface area contributed by atoms with E-state index in [9.17, 15) is 14.4 Å². The summed E-state index contributed by atoms with van der Waals surface area (Å²) in [6.45, 7) is 4.37. The van der Waals surface area contributed by atoms with Crippen LogP contribution < -0.4 is 11.1 Å². The first-order valence-electron chi connectivity index (χ1n) is 14.8. The minimum Gasteiger partial charge on any atom is -0.445 e. The number of nitrogens with one attached hydrogen (secondary N) is 2. The molecule has 11 heteroatoms. The Morgan fingerprint density at radius 1 is 1.17 bits per heavy atom. The van der Waals surface area contributed by atoms with Crippen LogP contribution in [0, 0.1) is 6.92 Å². The molecule has 0 bridgehead atoms. The number of urea groups is 1. The standard InChI is InChI=1S/C31H39N7O4/c1-21-16-22(17-24-19-33-35-28(21)24)20-42-30(41)38-14-9-26(18-31(38,10-15-39)36-11-7-25(32)8-12-36)37-13-6-23-4-2-3-5-27(23)34-29(37)40/h2-5,15-17,19,25-26H,6-14,18,20,32H2,1H3,(H,33,35)(H,34,40)/t26-,31+/m1/s1. The number of aryl methyl sites for hydroxylation is 1. The number of carbonyl (C=O) groups is 3. The van der Waals surface area contributed by atoms with Crippen molar-refractivity contribution < 1.29 is 19.1 Å². The van der Waals surface area contributed by atoms with Crippen LogP contribution in [0.15, 0.2) is 42.6 Å². The summed E-state index contributed by atoms with van der Waals surface area (Å²) in [5.41, 5.74) is 10.1. The highest BCUT2D eigenvalue weighted by Crippen LogP contribution is 2.39. The fourth-order valence-electron chi connectivity index (χ4n) is 7.03. The van der Waals surface area contributed by atoms with Gasteiger partial charge in [-0.3, -0.25) is 14.9 Å². The summed E-state index contributed by atoms with van der Waals surface area (Å²) in [5, 5.41) is 11.1. The molecule has 0 radical (unpaired) electrons. The van der Waals surface area contributed by atoms with Crippen LogP contribution in [0.3, 0.4) is 0 Å². The lowest BCUT2D eigenvalue weighted by atomic mass is 9.85. The Labute approximate surface area is 245 Å². The van der Waals surface area contributed by atoms with E-state index in [1.54, 1.807) is 11.1 Å². The molecule has 1 aromatic heterocycles. The Bertz CT molecular complexity index is 1470. The van der Waals surface area contributed by atoms with Crippen LogP contribution in [-0.2, 0) is 22.6 Å². The van der Waals surface area contributed by atoms with E-state index in [-0.39, 0.29) is 31.1 Å². The number of ether oxygens (including phenoxy) is 1. The lowest BCUT2D eigenvalue weighted by molar-refractivity contribution is -0.126. The predicted molar refractivity (Wildman–Crippen MR) is 159 cm³/mol. The quantitative estimate of drug-likeness (QED) is 0.382. The van der Waals surface area contributed by atoms with Crippen molar-refractivity contribution in [3.05, 3.63) is 59.3 Å². The summed E-state index contributed by atoms with van der Waals surface area (Å²) in [4.78, 5) is 45.4. The second kappa shape index (κ2) is 11.7. The number of hydrogen-bond acceptors (Lipinski definition) is 7. The molecule has 2 aromatic carbocycles. The number of anilines is 1. The van der Waals surface area contributed by atoms with Gasteiger partial charge in [0.1, 0.15) is 18.6 Å². The van der Waals surface area contributed by atoms with Gasteiger partial charge >= 0.3 is 12.1 Å². The molecule has 0 unspecified atom stereocenters. The molecule has 0 saturated carbocycles. The number of carbonyl (C=O) groups excluding carboxylic acids is 3. The number of amides is 3. The first-order valence-corrected chi connectivity index (χ1v) is 14.8. The molecule has 0 aliphatic carbocycles. The van der Waals surface area contributed by atoms with Crippen molar-refractivity contribution >= 4 is 35.0 Å². The molecule has 11 nitrogen and oxygen atoms in total. The second-order valence-electron chi connectivity index (χ2n) is 11.8. The van der Waals surface area contributed by atoms with Crippen LogP contribution in [0.5, 0.6) is 0 Å². The molecule has 3 aliphatic rings.